The third-order valence-corrected chi connectivity index (χ3v) is 4.90. The molecule has 1 aromatic carbocycles. The zero-order valence-electron chi connectivity index (χ0n) is 14.2. The van der Waals surface area contributed by atoms with Crippen LogP contribution in [0.25, 0.3) is 0 Å². The van der Waals surface area contributed by atoms with Crippen LogP contribution in [-0.4, -0.2) is 32.6 Å². The lowest BCUT2D eigenvalue weighted by atomic mass is 10.00. The van der Waals surface area contributed by atoms with E-state index >= 15 is 0 Å². The van der Waals surface area contributed by atoms with Crippen molar-refractivity contribution in [2.45, 2.75) is 32.4 Å². The topological polar surface area (TPSA) is 63.3 Å². The number of unbranched alkanes of at least 4 members (excludes halogenated alkanes) is 1. The van der Waals surface area contributed by atoms with Crippen LogP contribution in [0.15, 0.2) is 42.6 Å². The van der Waals surface area contributed by atoms with Crippen molar-refractivity contribution >= 4 is 23.0 Å². The van der Waals surface area contributed by atoms with Gasteiger partial charge in [-0.3, -0.25) is 10.1 Å². The summed E-state index contributed by atoms with van der Waals surface area (Å²) in [6.07, 6.45) is 4.26. The van der Waals surface area contributed by atoms with Crippen molar-refractivity contribution in [2.75, 3.05) is 13.1 Å². The Balaban J connectivity index is 1.90. The van der Waals surface area contributed by atoms with Gasteiger partial charge in [0.25, 0.3) is 5.69 Å². The van der Waals surface area contributed by atoms with E-state index < -0.39 is 0 Å². The van der Waals surface area contributed by atoms with E-state index in [4.69, 9.17) is 12.2 Å². The van der Waals surface area contributed by atoms with Gasteiger partial charge in [0.2, 0.25) is 0 Å². The van der Waals surface area contributed by atoms with Gasteiger partial charge in [0.1, 0.15) is 0 Å². The van der Waals surface area contributed by atoms with Crippen molar-refractivity contribution in [3.8, 4) is 0 Å². The zero-order chi connectivity index (χ0) is 17.8. The number of non-ortho nitro benzene ring substituents is 1. The van der Waals surface area contributed by atoms with Gasteiger partial charge in [-0.1, -0.05) is 13.3 Å². The first-order chi connectivity index (χ1) is 12.1. The van der Waals surface area contributed by atoms with Crippen LogP contribution in [0.4, 0.5) is 5.69 Å². The van der Waals surface area contributed by atoms with E-state index in [0.717, 1.165) is 48.8 Å². The average Bonchev–Trinajstić information content (AvgIpc) is 3.09. The SMILES string of the molecule is CCCCNC(=S)N1CCn2cccc2[C@H]1c1ccc([N+](=O)[O-])cc1. The molecule has 0 spiro atoms. The summed E-state index contributed by atoms with van der Waals surface area (Å²) in [6.45, 7) is 4.70. The summed E-state index contributed by atoms with van der Waals surface area (Å²) in [5.74, 6) is 0. The number of hydrogen-bond donors (Lipinski definition) is 1. The summed E-state index contributed by atoms with van der Waals surface area (Å²) in [4.78, 5) is 12.7. The van der Waals surface area contributed by atoms with Crippen LogP contribution < -0.4 is 5.32 Å². The Kier molecular flexibility index (Phi) is 5.33. The predicted octanol–water partition coefficient (Wildman–Crippen LogP) is 3.48. The first-order valence-electron chi connectivity index (χ1n) is 8.55. The van der Waals surface area contributed by atoms with Crippen LogP contribution in [0.1, 0.15) is 37.1 Å². The Bertz CT molecular complexity index is 757. The summed E-state index contributed by atoms with van der Waals surface area (Å²) < 4.78 is 2.22. The standard InChI is InChI=1S/C18H22N4O2S/c1-2-3-10-19-18(25)21-13-12-20-11-4-5-16(20)17(21)14-6-8-15(9-7-14)22(23)24/h4-9,11,17H,2-3,10,12-13H2,1H3,(H,19,25)/t17-/m1/s1. The van der Waals surface area contributed by atoms with Crippen LogP contribution in [0.3, 0.4) is 0 Å². The van der Waals surface area contributed by atoms with Gasteiger partial charge in [0.15, 0.2) is 5.11 Å². The molecule has 0 aliphatic carbocycles. The normalized spacial score (nSPS) is 16.4. The Morgan fingerprint density at radius 1 is 1.32 bits per heavy atom. The fraction of sp³-hybridized carbons (Fsp3) is 0.389. The second-order valence-electron chi connectivity index (χ2n) is 6.16. The van der Waals surface area contributed by atoms with Crippen molar-refractivity contribution in [1.82, 2.24) is 14.8 Å². The quantitative estimate of drug-likeness (QED) is 0.384. The van der Waals surface area contributed by atoms with Crippen LogP contribution in [0.5, 0.6) is 0 Å². The molecule has 2 aromatic rings. The van der Waals surface area contributed by atoms with Crippen LogP contribution in [0.2, 0.25) is 0 Å². The molecule has 0 unspecified atom stereocenters. The molecule has 3 rings (SSSR count). The Morgan fingerprint density at radius 3 is 2.76 bits per heavy atom. The number of rotatable bonds is 5. The van der Waals surface area contributed by atoms with Gasteiger partial charge in [-0.05, 0) is 48.5 Å². The number of hydrogen-bond acceptors (Lipinski definition) is 3. The molecule has 0 bridgehead atoms. The Morgan fingerprint density at radius 2 is 2.08 bits per heavy atom. The smallest absolute Gasteiger partial charge is 0.269 e. The zero-order valence-corrected chi connectivity index (χ0v) is 15.0. The van der Waals surface area contributed by atoms with E-state index in [-0.39, 0.29) is 16.7 Å². The van der Waals surface area contributed by atoms with Crippen molar-refractivity contribution in [3.63, 3.8) is 0 Å². The van der Waals surface area contributed by atoms with Gasteiger partial charge < -0.3 is 14.8 Å². The molecule has 0 saturated heterocycles. The summed E-state index contributed by atoms with van der Waals surface area (Å²) in [5, 5.41) is 15.0. The predicted molar refractivity (Wildman–Crippen MR) is 102 cm³/mol. The Hall–Kier alpha value is -2.41. The molecular weight excluding hydrogens is 336 g/mol. The molecular formula is C18H22N4O2S. The molecule has 0 saturated carbocycles. The summed E-state index contributed by atoms with van der Waals surface area (Å²) in [6, 6.07) is 10.9. The lowest BCUT2D eigenvalue weighted by molar-refractivity contribution is -0.384. The van der Waals surface area contributed by atoms with E-state index in [1.54, 1.807) is 12.1 Å². The highest BCUT2D eigenvalue weighted by atomic mass is 32.1. The number of thiocarbonyl (C=S) groups is 1. The molecule has 6 nitrogen and oxygen atoms in total. The van der Waals surface area contributed by atoms with Crippen LogP contribution in [-0.2, 0) is 6.54 Å². The third kappa shape index (κ3) is 3.66. The lowest BCUT2D eigenvalue weighted by Gasteiger charge is -2.39. The van der Waals surface area contributed by atoms with Crippen molar-refractivity contribution < 1.29 is 4.92 Å². The third-order valence-electron chi connectivity index (χ3n) is 4.53. The molecule has 0 radical (unpaired) electrons. The molecule has 132 valence electrons. The first kappa shape index (κ1) is 17.4. The summed E-state index contributed by atoms with van der Waals surface area (Å²) >= 11 is 5.63. The van der Waals surface area contributed by atoms with Crippen molar-refractivity contribution in [1.29, 1.82) is 0 Å². The van der Waals surface area contributed by atoms with Gasteiger partial charge in [0, 0.05) is 43.7 Å². The maximum atomic E-state index is 10.9. The van der Waals surface area contributed by atoms with Gasteiger partial charge in [0.05, 0.1) is 11.0 Å². The number of aromatic nitrogens is 1. The molecule has 1 aliphatic rings. The molecule has 1 atom stereocenters. The Labute approximate surface area is 152 Å². The summed E-state index contributed by atoms with van der Waals surface area (Å²) in [7, 11) is 0. The van der Waals surface area contributed by atoms with Crippen molar-refractivity contribution in [3.05, 3.63) is 64.0 Å². The lowest BCUT2D eigenvalue weighted by Crippen LogP contribution is -2.47. The van der Waals surface area contributed by atoms with Gasteiger partial charge in [-0.15, -0.1) is 0 Å². The average molecular weight is 358 g/mol. The van der Waals surface area contributed by atoms with Crippen molar-refractivity contribution in [2.24, 2.45) is 0 Å². The van der Waals surface area contributed by atoms with E-state index in [1.165, 1.54) is 0 Å². The molecule has 1 aromatic heterocycles. The van der Waals surface area contributed by atoms with Crippen LogP contribution >= 0.6 is 12.2 Å². The largest absolute Gasteiger partial charge is 0.363 e. The van der Waals surface area contributed by atoms with Gasteiger partial charge in [-0.25, -0.2) is 0 Å². The van der Waals surface area contributed by atoms with Crippen LogP contribution in [0, 0.1) is 10.1 Å². The highest BCUT2D eigenvalue weighted by molar-refractivity contribution is 7.80. The molecule has 0 fully saturated rings. The minimum absolute atomic E-state index is 0.0359. The highest BCUT2D eigenvalue weighted by Crippen LogP contribution is 2.33. The maximum absolute atomic E-state index is 10.9. The fourth-order valence-electron chi connectivity index (χ4n) is 3.20. The first-order valence-corrected chi connectivity index (χ1v) is 8.96. The maximum Gasteiger partial charge on any atom is 0.269 e. The number of nitrogens with one attached hydrogen (secondary N) is 1. The fourth-order valence-corrected chi connectivity index (χ4v) is 3.50. The van der Waals surface area contributed by atoms with E-state index in [9.17, 15) is 10.1 Å². The number of nitrogens with zero attached hydrogens (tertiary/aromatic N) is 3. The molecule has 0 amide bonds. The number of nitro benzene ring substituents is 1. The monoisotopic (exact) mass is 358 g/mol. The number of nitro groups is 1. The second kappa shape index (κ2) is 7.65. The van der Waals surface area contributed by atoms with Gasteiger partial charge >= 0.3 is 0 Å². The molecule has 25 heavy (non-hydrogen) atoms. The molecule has 2 heterocycles. The summed E-state index contributed by atoms with van der Waals surface area (Å²) in [5.41, 5.74) is 2.26. The number of fused-ring (bicyclic) bond motifs is 1. The van der Waals surface area contributed by atoms with E-state index in [1.807, 2.05) is 18.2 Å². The molecule has 7 heteroatoms. The molecule has 1 N–H and O–H groups in total. The van der Waals surface area contributed by atoms with E-state index in [2.05, 4.69) is 34.0 Å². The number of benzene rings is 1. The molecule has 1 aliphatic heterocycles. The van der Waals surface area contributed by atoms with E-state index in [0.29, 0.717) is 0 Å². The minimum Gasteiger partial charge on any atom is -0.363 e. The second-order valence-corrected chi connectivity index (χ2v) is 6.54. The highest BCUT2D eigenvalue weighted by Gasteiger charge is 2.30. The van der Waals surface area contributed by atoms with Gasteiger partial charge in [-0.2, -0.15) is 0 Å². The minimum atomic E-state index is -0.373.